The van der Waals surface area contributed by atoms with Crippen molar-refractivity contribution in [3.05, 3.63) is 12.7 Å². The Morgan fingerprint density at radius 2 is 1.72 bits per heavy atom. The third-order valence-electron chi connectivity index (χ3n) is 11.1. The van der Waals surface area contributed by atoms with E-state index in [1.165, 1.54) is 83.1 Å². The number of ether oxygens (including phenoxy) is 1. The van der Waals surface area contributed by atoms with Crippen LogP contribution in [-0.2, 0) is 9.53 Å². The predicted molar refractivity (Wildman–Crippen MR) is 133 cm³/mol. The molecule has 0 saturated heterocycles. The fourth-order valence-electron chi connectivity index (χ4n) is 9.24. The first kappa shape index (κ1) is 24.3. The minimum absolute atomic E-state index is 0.121. The van der Waals surface area contributed by atoms with Gasteiger partial charge in [-0.25, -0.2) is 4.79 Å². The number of fused-ring (bicyclic) bond motifs is 5. The lowest BCUT2D eigenvalue weighted by Crippen LogP contribution is -2.54. The standard InChI is InChI=1S/C30H50O2/c1-6-28(31)32-24-16-18-30(5)23(20-24)12-14-25-26-15-13-22(11-9-7-8-10-21(2)3)29(26,4)19-17-27(25)30/h6,21-27H,1,7-20H2,2-5H3/t22-,23?,24-,25-,26?,27?,29+,30-/m0/s1. The molecule has 32 heavy (non-hydrogen) atoms. The summed E-state index contributed by atoms with van der Waals surface area (Å²) in [5, 5.41) is 0. The Balaban J connectivity index is 1.36. The topological polar surface area (TPSA) is 26.3 Å². The molecular weight excluding hydrogens is 392 g/mol. The van der Waals surface area contributed by atoms with Gasteiger partial charge >= 0.3 is 5.97 Å². The van der Waals surface area contributed by atoms with Gasteiger partial charge in [0, 0.05) is 6.08 Å². The van der Waals surface area contributed by atoms with E-state index in [4.69, 9.17) is 4.74 Å². The summed E-state index contributed by atoms with van der Waals surface area (Å²) in [5.74, 6) is 5.17. The second kappa shape index (κ2) is 9.83. The largest absolute Gasteiger partial charge is 0.459 e. The van der Waals surface area contributed by atoms with Crippen molar-refractivity contribution in [3.63, 3.8) is 0 Å². The van der Waals surface area contributed by atoms with Gasteiger partial charge in [0.2, 0.25) is 0 Å². The molecule has 2 nitrogen and oxygen atoms in total. The molecule has 0 aliphatic heterocycles. The number of carbonyl (C=O) groups is 1. The molecule has 0 aromatic rings. The molecule has 0 radical (unpaired) electrons. The van der Waals surface area contributed by atoms with Crippen molar-refractivity contribution in [1.29, 1.82) is 0 Å². The van der Waals surface area contributed by atoms with Crippen LogP contribution < -0.4 is 0 Å². The van der Waals surface area contributed by atoms with Gasteiger partial charge in [-0.2, -0.15) is 0 Å². The van der Waals surface area contributed by atoms with Crippen molar-refractivity contribution in [3.8, 4) is 0 Å². The van der Waals surface area contributed by atoms with Crippen LogP contribution in [0.25, 0.3) is 0 Å². The molecular formula is C30H50O2. The van der Waals surface area contributed by atoms with Gasteiger partial charge < -0.3 is 4.74 Å². The van der Waals surface area contributed by atoms with Crippen LogP contribution in [0.1, 0.15) is 118 Å². The average Bonchev–Trinajstić information content (AvgIpc) is 3.10. The molecule has 0 aromatic carbocycles. The quantitative estimate of drug-likeness (QED) is 0.214. The summed E-state index contributed by atoms with van der Waals surface area (Å²) < 4.78 is 5.68. The Hall–Kier alpha value is -0.790. The Labute approximate surface area is 198 Å². The molecule has 4 saturated carbocycles. The monoisotopic (exact) mass is 442 g/mol. The molecule has 0 amide bonds. The van der Waals surface area contributed by atoms with Crippen molar-refractivity contribution < 1.29 is 9.53 Å². The average molecular weight is 443 g/mol. The minimum atomic E-state index is -0.234. The van der Waals surface area contributed by atoms with Crippen molar-refractivity contribution >= 4 is 5.97 Å². The smallest absolute Gasteiger partial charge is 0.330 e. The lowest BCUT2D eigenvalue weighted by Gasteiger charge is -2.61. The number of unbranched alkanes of at least 4 members (excludes halogenated alkanes) is 2. The van der Waals surface area contributed by atoms with E-state index in [0.717, 1.165) is 48.3 Å². The van der Waals surface area contributed by atoms with Crippen molar-refractivity contribution in [2.75, 3.05) is 0 Å². The van der Waals surface area contributed by atoms with Gasteiger partial charge in [0.05, 0.1) is 0 Å². The molecule has 0 spiro atoms. The highest BCUT2D eigenvalue weighted by Crippen LogP contribution is 2.68. The van der Waals surface area contributed by atoms with Gasteiger partial charge in [0.1, 0.15) is 6.10 Å². The maximum absolute atomic E-state index is 11.7. The minimum Gasteiger partial charge on any atom is -0.459 e. The molecule has 2 heteroatoms. The molecule has 0 heterocycles. The summed E-state index contributed by atoms with van der Waals surface area (Å²) in [6.07, 6.45) is 20.7. The Morgan fingerprint density at radius 3 is 2.47 bits per heavy atom. The van der Waals surface area contributed by atoms with Crippen LogP contribution >= 0.6 is 0 Å². The first-order chi connectivity index (χ1) is 15.3. The molecule has 4 rings (SSSR count). The molecule has 8 atom stereocenters. The normalized spacial score (nSPS) is 43.3. The van der Waals surface area contributed by atoms with E-state index in [1.807, 2.05) is 0 Å². The predicted octanol–water partition coefficient (Wildman–Crippen LogP) is 8.35. The van der Waals surface area contributed by atoms with Gasteiger partial charge in [0.25, 0.3) is 0 Å². The summed E-state index contributed by atoms with van der Waals surface area (Å²) >= 11 is 0. The van der Waals surface area contributed by atoms with E-state index in [2.05, 4.69) is 34.3 Å². The van der Waals surface area contributed by atoms with Crippen molar-refractivity contribution in [2.24, 2.45) is 46.3 Å². The second-order valence-electron chi connectivity index (χ2n) is 13.0. The third-order valence-corrected chi connectivity index (χ3v) is 11.1. The Morgan fingerprint density at radius 1 is 0.969 bits per heavy atom. The summed E-state index contributed by atoms with van der Waals surface area (Å²) in [6.45, 7) is 13.6. The first-order valence-corrected chi connectivity index (χ1v) is 14.1. The van der Waals surface area contributed by atoms with E-state index < -0.39 is 0 Å². The van der Waals surface area contributed by atoms with E-state index in [1.54, 1.807) is 0 Å². The molecule has 4 aliphatic rings. The van der Waals surface area contributed by atoms with Gasteiger partial charge in [-0.05, 0) is 111 Å². The number of hydrogen-bond acceptors (Lipinski definition) is 2. The molecule has 3 unspecified atom stereocenters. The van der Waals surface area contributed by atoms with Crippen LogP contribution in [0.5, 0.6) is 0 Å². The van der Waals surface area contributed by atoms with Crippen LogP contribution in [0.15, 0.2) is 12.7 Å². The van der Waals surface area contributed by atoms with E-state index in [-0.39, 0.29) is 12.1 Å². The zero-order chi connectivity index (χ0) is 22.9. The fraction of sp³-hybridized carbons (Fsp3) is 0.900. The Kier molecular flexibility index (Phi) is 7.48. The second-order valence-corrected chi connectivity index (χ2v) is 13.0. The lowest BCUT2D eigenvalue weighted by molar-refractivity contribution is -0.157. The number of rotatable bonds is 8. The molecule has 0 N–H and O–H groups in total. The number of carbonyl (C=O) groups excluding carboxylic acids is 1. The zero-order valence-electron chi connectivity index (χ0n) is 21.5. The molecule has 4 aliphatic carbocycles. The van der Waals surface area contributed by atoms with Crippen LogP contribution in [0.2, 0.25) is 0 Å². The molecule has 182 valence electrons. The van der Waals surface area contributed by atoms with Crippen LogP contribution in [-0.4, -0.2) is 12.1 Å². The van der Waals surface area contributed by atoms with Crippen molar-refractivity contribution in [2.45, 2.75) is 124 Å². The maximum Gasteiger partial charge on any atom is 0.330 e. The van der Waals surface area contributed by atoms with Crippen LogP contribution in [0.4, 0.5) is 0 Å². The van der Waals surface area contributed by atoms with Crippen molar-refractivity contribution in [1.82, 2.24) is 0 Å². The highest BCUT2D eigenvalue weighted by atomic mass is 16.5. The SMILES string of the molecule is C=CC(=O)O[C@H]1CC[C@@]2(C)C(CC[C@@H]3C2CC[C@@]2(C)C3CC[C@@H]2CCCCCC(C)C)C1. The fourth-order valence-corrected chi connectivity index (χ4v) is 9.24. The van der Waals surface area contributed by atoms with Crippen LogP contribution in [0, 0.1) is 46.3 Å². The molecule has 0 bridgehead atoms. The highest BCUT2D eigenvalue weighted by molar-refractivity contribution is 5.81. The lowest BCUT2D eigenvalue weighted by atomic mass is 9.44. The van der Waals surface area contributed by atoms with Gasteiger partial charge in [0.15, 0.2) is 0 Å². The van der Waals surface area contributed by atoms with E-state index >= 15 is 0 Å². The highest BCUT2D eigenvalue weighted by Gasteiger charge is 2.60. The molecule has 4 fully saturated rings. The number of esters is 1. The van der Waals surface area contributed by atoms with E-state index in [0.29, 0.717) is 10.8 Å². The summed E-state index contributed by atoms with van der Waals surface area (Å²) in [5.41, 5.74) is 1.08. The summed E-state index contributed by atoms with van der Waals surface area (Å²) in [6, 6.07) is 0. The van der Waals surface area contributed by atoms with Gasteiger partial charge in [-0.1, -0.05) is 60.0 Å². The molecule has 0 aromatic heterocycles. The summed E-state index contributed by atoms with van der Waals surface area (Å²) in [7, 11) is 0. The van der Waals surface area contributed by atoms with E-state index in [9.17, 15) is 4.79 Å². The summed E-state index contributed by atoms with van der Waals surface area (Å²) in [4.78, 5) is 11.7. The number of hydrogen-bond donors (Lipinski definition) is 0. The zero-order valence-corrected chi connectivity index (χ0v) is 21.5. The Bertz CT molecular complexity index is 668. The maximum atomic E-state index is 11.7. The van der Waals surface area contributed by atoms with Gasteiger partial charge in [-0.15, -0.1) is 0 Å². The van der Waals surface area contributed by atoms with Crippen LogP contribution in [0.3, 0.4) is 0 Å². The first-order valence-electron chi connectivity index (χ1n) is 14.1. The third kappa shape index (κ3) is 4.58. The van der Waals surface area contributed by atoms with Gasteiger partial charge in [-0.3, -0.25) is 0 Å².